The number of carbonyl (C=O) groups excluding carboxylic acids is 3. The molecular formula is C22H31F2NO4. The molecule has 0 spiro atoms. The number of ether oxygens (including phenoxy) is 1. The van der Waals surface area contributed by atoms with E-state index in [4.69, 9.17) is 0 Å². The van der Waals surface area contributed by atoms with Gasteiger partial charge < -0.3 is 9.64 Å². The second-order valence-corrected chi connectivity index (χ2v) is 7.29. The van der Waals surface area contributed by atoms with Gasteiger partial charge in [0.15, 0.2) is 5.78 Å². The number of hydrogen-bond donors (Lipinski definition) is 0. The van der Waals surface area contributed by atoms with E-state index in [2.05, 4.69) is 16.6 Å². The number of alkyl halides is 2. The molecule has 1 aliphatic heterocycles. The Morgan fingerprint density at radius 1 is 1.28 bits per heavy atom. The number of nitrogens with zero attached hydrogens (tertiary/aromatic N) is 1. The third kappa shape index (κ3) is 8.35. The number of ketones is 1. The number of amides is 1. The van der Waals surface area contributed by atoms with Crippen LogP contribution in [0.4, 0.5) is 8.78 Å². The van der Waals surface area contributed by atoms with Gasteiger partial charge in [0.2, 0.25) is 0 Å². The first-order valence-corrected chi connectivity index (χ1v) is 10.2. The number of methoxy groups -OCH3 is 1. The predicted octanol–water partition coefficient (Wildman–Crippen LogP) is 3.91. The zero-order chi connectivity index (χ0) is 21.9. The van der Waals surface area contributed by atoms with Crippen molar-refractivity contribution in [1.82, 2.24) is 4.90 Å². The Morgan fingerprint density at radius 3 is 2.62 bits per heavy atom. The molecular weight excluding hydrogens is 380 g/mol. The van der Waals surface area contributed by atoms with Crippen molar-refractivity contribution in [2.24, 2.45) is 5.92 Å². The van der Waals surface area contributed by atoms with E-state index in [1.807, 2.05) is 6.92 Å². The molecule has 0 unspecified atom stereocenters. The van der Waals surface area contributed by atoms with Gasteiger partial charge in [0.1, 0.15) is 0 Å². The highest BCUT2D eigenvalue weighted by Gasteiger charge is 2.52. The Balaban J connectivity index is 2.57. The lowest BCUT2D eigenvalue weighted by Crippen LogP contribution is -2.36. The van der Waals surface area contributed by atoms with Gasteiger partial charge in [-0.15, -0.1) is 11.8 Å². The molecule has 5 nitrogen and oxygen atoms in total. The van der Waals surface area contributed by atoms with E-state index in [9.17, 15) is 23.2 Å². The maximum atomic E-state index is 13.9. The minimum atomic E-state index is -3.40. The van der Waals surface area contributed by atoms with Gasteiger partial charge in [-0.05, 0) is 18.9 Å². The quantitative estimate of drug-likeness (QED) is 0.224. The average molecular weight is 411 g/mol. The Hall–Kier alpha value is -2.23. The van der Waals surface area contributed by atoms with Crippen molar-refractivity contribution in [3.63, 3.8) is 0 Å². The van der Waals surface area contributed by atoms with Crippen LogP contribution in [0.3, 0.4) is 0 Å². The largest absolute Gasteiger partial charge is 0.469 e. The maximum Gasteiger partial charge on any atom is 0.327 e. The highest BCUT2D eigenvalue weighted by Crippen LogP contribution is 2.34. The maximum absolute atomic E-state index is 13.9. The normalized spacial score (nSPS) is 19.1. The number of esters is 1. The molecule has 1 saturated heterocycles. The molecule has 1 aliphatic rings. The second-order valence-electron chi connectivity index (χ2n) is 7.29. The van der Waals surface area contributed by atoms with Gasteiger partial charge in [0.25, 0.3) is 5.91 Å². The van der Waals surface area contributed by atoms with E-state index < -0.39 is 24.3 Å². The molecule has 1 heterocycles. The molecule has 0 bridgehead atoms. The van der Waals surface area contributed by atoms with Crippen LogP contribution in [0.1, 0.15) is 65.2 Å². The summed E-state index contributed by atoms with van der Waals surface area (Å²) in [5.41, 5.74) is 0. The summed E-state index contributed by atoms with van der Waals surface area (Å²) >= 11 is 0. The Morgan fingerprint density at radius 2 is 1.97 bits per heavy atom. The molecule has 0 aromatic carbocycles. The van der Waals surface area contributed by atoms with Crippen molar-refractivity contribution >= 4 is 17.7 Å². The molecule has 2 atom stereocenters. The van der Waals surface area contributed by atoms with Crippen molar-refractivity contribution in [2.75, 3.05) is 13.7 Å². The van der Waals surface area contributed by atoms with Crippen LogP contribution in [0.15, 0.2) is 12.2 Å². The molecule has 162 valence electrons. The third-order valence-electron chi connectivity index (χ3n) is 4.88. The first-order chi connectivity index (χ1) is 13.7. The molecule has 7 heteroatoms. The SMILES string of the molecule is CCC#CC[C@H](C)C(=O)C=C[C@H]1CC(F)(F)C(=O)N1CCCCCCC(=O)OC. The zero-order valence-electron chi connectivity index (χ0n) is 17.5. The molecule has 1 amide bonds. The van der Waals surface area contributed by atoms with E-state index in [-0.39, 0.29) is 24.2 Å². The molecule has 0 radical (unpaired) electrons. The van der Waals surface area contributed by atoms with Gasteiger partial charge in [0.05, 0.1) is 13.2 Å². The van der Waals surface area contributed by atoms with Crippen LogP contribution in [0, 0.1) is 17.8 Å². The van der Waals surface area contributed by atoms with E-state index in [1.54, 1.807) is 6.92 Å². The van der Waals surface area contributed by atoms with Crippen LogP contribution in [-0.4, -0.2) is 48.2 Å². The van der Waals surface area contributed by atoms with Gasteiger partial charge in [-0.1, -0.05) is 32.8 Å². The molecule has 0 aromatic heterocycles. The molecule has 0 aliphatic carbocycles. The van der Waals surface area contributed by atoms with Crippen LogP contribution in [0.5, 0.6) is 0 Å². The number of allylic oxidation sites excluding steroid dienone is 1. The van der Waals surface area contributed by atoms with E-state index in [0.29, 0.717) is 32.1 Å². The monoisotopic (exact) mass is 411 g/mol. The van der Waals surface area contributed by atoms with E-state index in [1.165, 1.54) is 19.3 Å². The predicted molar refractivity (Wildman–Crippen MR) is 106 cm³/mol. The summed E-state index contributed by atoms with van der Waals surface area (Å²) in [6, 6.07) is -0.787. The van der Waals surface area contributed by atoms with Crippen LogP contribution in [0.2, 0.25) is 0 Å². The molecule has 0 N–H and O–H groups in total. The fourth-order valence-corrected chi connectivity index (χ4v) is 3.09. The zero-order valence-corrected chi connectivity index (χ0v) is 17.5. The average Bonchev–Trinajstić information content (AvgIpc) is 2.91. The van der Waals surface area contributed by atoms with Crippen molar-refractivity contribution in [3.8, 4) is 11.8 Å². The van der Waals surface area contributed by atoms with Crippen LogP contribution in [-0.2, 0) is 19.1 Å². The first-order valence-electron chi connectivity index (χ1n) is 10.2. The molecule has 1 rings (SSSR count). The number of unbranched alkanes of at least 4 members (excludes halogenated alkanes) is 3. The van der Waals surface area contributed by atoms with Gasteiger partial charge in [-0.2, -0.15) is 8.78 Å². The summed E-state index contributed by atoms with van der Waals surface area (Å²) in [6.45, 7) is 3.87. The van der Waals surface area contributed by atoms with E-state index >= 15 is 0 Å². The highest BCUT2D eigenvalue weighted by atomic mass is 19.3. The smallest absolute Gasteiger partial charge is 0.327 e. The van der Waals surface area contributed by atoms with E-state index in [0.717, 1.165) is 17.7 Å². The summed E-state index contributed by atoms with van der Waals surface area (Å²) in [4.78, 5) is 36.4. The van der Waals surface area contributed by atoms with Crippen molar-refractivity contribution in [1.29, 1.82) is 0 Å². The number of halogens is 2. The topological polar surface area (TPSA) is 63.7 Å². The second kappa shape index (κ2) is 12.4. The number of hydrogen-bond acceptors (Lipinski definition) is 4. The van der Waals surface area contributed by atoms with Gasteiger partial charge >= 0.3 is 11.9 Å². The van der Waals surface area contributed by atoms with Gasteiger partial charge in [-0.25, -0.2) is 0 Å². The lowest BCUT2D eigenvalue weighted by atomic mass is 10.0. The molecule has 29 heavy (non-hydrogen) atoms. The number of likely N-dealkylation sites (tertiary alicyclic amines) is 1. The van der Waals surface area contributed by atoms with Crippen molar-refractivity contribution < 1.29 is 27.9 Å². The highest BCUT2D eigenvalue weighted by molar-refractivity contribution is 5.92. The minimum Gasteiger partial charge on any atom is -0.469 e. The third-order valence-corrected chi connectivity index (χ3v) is 4.88. The fourth-order valence-electron chi connectivity index (χ4n) is 3.09. The Kier molecular flexibility index (Phi) is 10.6. The van der Waals surface area contributed by atoms with Gasteiger partial charge in [-0.3, -0.25) is 14.4 Å². The Labute approximate surface area is 171 Å². The standard InChI is InChI=1S/C22H31F2NO4/c1-4-5-8-11-17(2)19(26)14-13-18-16-22(23,24)21(28)25(18)15-10-7-6-9-12-20(27)29-3/h13-14,17-18H,4,6-7,9-12,15-16H2,1-3H3/t17-,18-/m0/s1. The van der Waals surface area contributed by atoms with Gasteiger partial charge in [0, 0.05) is 38.1 Å². The first kappa shape index (κ1) is 24.8. The minimum absolute atomic E-state index is 0.180. The lowest BCUT2D eigenvalue weighted by molar-refractivity contribution is -0.148. The summed E-state index contributed by atoms with van der Waals surface area (Å²) in [5.74, 6) is 0.454. The van der Waals surface area contributed by atoms with Crippen LogP contribution < -0.4 is 0 Å². The fraction of sp³-hybridized carbons (Fsp3) is 0.682. The molecule has 1 fully saturated rings. The summed E-state index contributed by atoms with van der Waals surface area (Å²) in [5, 5.41) is 0. The summed E-state index contributed by atoms with van der Waals surface area (Å²) < 4.78 is 32.4. The summed E-state index contributed by atoms with van der Waals surface area (Å²) in [6.07, 6.45) is 6.27. The molecule has 0 aromatic rings. The number of carbonyl (C=O) groups is 3. The lowest BCUT2D eigenvalue weighted by Gasteiger charge is -2.21. The van der Waals surface area contributed by atoms with Crippen LogP contribution >= 0.6 is 0 Å². The van der Waals surface area contributed by atoms with Crippen molar-refractivity contribution in [3.05, 3.63) is 12.2 Å². The Bertz CT molecular complexity index is 663. The van der Waals surface area contributed by atoms with Crippen LogP contribution in [0.25, 0.3) is 0 Å². The molecule has 0 saturated carbocycles. The number of rotatable bonds is 11. The van der Waals surface area contributed by atoms with Crippen molar-refractivity contribution in [2.45, 2.75) is 77.2 Å². The summed E-state index contributed by atoms with van der Waals surface area (Å²) in [7, 11) is 1.33.